The third-order valence-corrected chi connectivity index (χ3v) is 8.52. The van der Waals surface area contributed by atoms with Crippen molar-refractivity contribution in [3.8, 4) is 0 Å². The first-order valence-corrected chi connectivity index (χ1v) is 10.1. The Balaban J connectivity index is 1.74. The molecule has 4 aliphatic carbocycles. The summed E-state index contributed by atoms with van der Waals surface area (Å²) in [4.78, 5) is 11.8. The number of hydrogen-bond acceptors (Lipinski definition) is 4. The van der Waals surface area contributed by atoms with Crippen LogP contribution >= 0.6 is 0 Å². The van der Waals surface area contributed by atoms with Crippen LogP contribution < -0.4 is 0 Å². The summed E-state index contributed by atoms with van der Waals surface area (Å²) < 4.78 is 0. The molecule has 0 radical (unpaired) electrons. The van der Waals surface area contributed by atoms with Crippen molar-refractivity contribution in [2.45, 2.75) is 58.7 Å². The van der Waals surface area contributed by atoms with Crippen molar-refractivity contribution < 1.29 is 20.1 Å². The Kier molecular flexibility index (Phi) is 4.26. The summed E-state index contributed by atoms with van der Waals surface area (Å²) in [7, 11) is 0. The summed E-state index contributed by atoms with van der Waals surface area (Å²) >= 11 is 0. The monoisotopic (exact) mass is 360 g/mol. The highest BCUT2D eigenvalue weighted by Crippen LogP contribution is 2.66. The Bertz CT molecular complexity index is 667. The number of aliphatic hydroxyl groups excluding tert-OH is 3. The smallest absolute Gasteiger partial charge is 0.178 e. The minimum Gasteiger partial charge on any atom is -0.396 e. The Morgan fingerprint density at radius 1 is 1.23 bits per heavy atom. The Labute approximate surface area is 156 Å². The van der Waals surface area contributed by atoms with Gasteiger partial charge in [-0.25, -0.2) is 0 Å². The summed E-state index contributed by atoms with van der Waals surface area (Å²) in [6, 6.07) is 0. The lowest BCUT2D eigenvalue weighted by atomic mass is 9.46. The first-order valence-electron chi connectivity index (χ1n) is 10.1. The fourth-order valence-corrected chi connectivity index (χ4v) is 7.45. The van der Waals surface area contributed by atoms with Gasteiger partial charge in [0.25, 0.3) is 0 Å². The minimum absolute atomic E-state index is 0.0442. The van der Waals surface area contributed by atoms with Gasteiger partial charge in [-0.15, -0.1) is 0 Å². The largest absolute Gasteiger partial charge is 0.396 e. The molecule has 0 saturated heterocycles. The summed E-state index contributed by atoms with van der Waals surface area (Å²) in [5, 5.41) is 32.0. The fourth-order valence-electron chi connectivity index (χ4n) is 7.45. The maximum Gasteiger partial charge on any atom is 0.178 e. The number of fused-ring (bicyclic) bond motifs is 5. The highest BCUT2D eigenvalue weighted by molar-refractivity contribution is 6.01. The average Bonchev–Trinajstić information content (AvgIpc) is 2.85. The van der Waals surface area contributed by atoms with E-state index in [-0.39, 0.29) is 58.9 Å². The molecule has 0 aromatic rings. The average molecular weight is 360 g/mol. The fraction of sp³-hybridized carbons (Fsp3) is 0.773. The number of carbonyl (C=O) groups excluding carboxylic acids is 1. The van der Waals surface area contributed by atoms with Crippen molar-refractivity contribution in [2.75, 3.05) is 6.61 Å². The molecular weight excluding hydrogens is 328 g/mol. The van der Waals surface area contributed by atoms with E-state index < -0.39 is 6.10 Å². The molecule has 0 heterocycles. The van der Waals surface area contributed by atoms with Crippen molar-refractivity contribution in [2.24, 2.45) is 40.4 Å². The van der Waals surface area contributed by atoms with E-state index in [1.165, 1.54) is 0 Å². The van der Waals surface area contributed by atoms with Crippen LogP contribution in [0.3, 0.4) is 0 Å². The van der Waals surface area contributed by atoms with Crippen LogP contribution in [0.2, 0.25) is 0 Å². The molecule has 0 amide bonds. The molecule has 0 spiro atoms. The molecule has 4 heteroatoms. The molecule has 3 saturated carbocycles. The van der Waals surface area contributed by atoms with Crippen LogP contribution in [-0.2, 0) is 4.79 Å². The predicted molar refractivity (Wildman–Crippen MR) is 99.1 cm³/mol. The van der Waals surface area contributed by atoms with E-state index >= 15 is 0 Å². The van der Waals surface area contributed by atoms with Gasteiger partial charge in [0, 0.05) is 17.9 Å². The van der Waals surface area contributed by atoms with Crippen molar-refractivity contribution in [3.63, 3.8) is 0 Å². The van der Waals surface area contributed by atoms with E-state index in [0.717, 1.165) is 18.4 Å². The van der Waals surface area contributed by atoms with E-state index in [1.54, 1.807) is 12.2 Å². The van der Waals surface area contributed by atoms with E-state index in [4.69, 9.17) is 0 Å². The first kappa shape index (κ1) is 18.4. The minimum atomic E-state index is -0.452. The zero-order chi connectivity index (χ0) is 18.9. The maximum atomic E-state index is 11.8. The molecule has 144 valence electrons. The lowest BCUT2D eigenvalue weighted by Crippen LogP contribution is -2.57. The lowest BCUT2D eigenvalue weighted by molar-refractivity contribution is -0.137. The number of aliphatic hydroxyl groups is 3. The van der Waals surface area contributed by atoms with Gasteiger partial charge in [-0.3, -0.25) is 4.79 Å². The second-order valence-corrected chi connectivity index (χ2v) is 9.79. The van der Waals surface area contributed by atoms with E-state index in [2.05, 4.69) is 20.8 Å². The van der Waals surface area contributed by atoms with Gasteiger partial charge >= 0.3 is 0 Å². The van der Waals surface area contributed by atoms with Gasteiger partial charge in [0.15, 0.2) is 5.78 Å². The quantitative estimate of drug-likeness (QED) is 0.707. The standard InChI is InChI=1S/C22H32O4/c1-12(11-23)16-9-17(25)19-15-5-4-13-8-14(24)6-7-21(13,2)20(15)18(26)10-22(16,19)3/h6-8,12,15-20,23,25-26H,4-5,9-11H2,1-3H3/t12-,15+,16-,17-,18-,19-,20-,21+,22-/m1/s1. The Morgan fingerprint density at radius 2 is 1.96 bits per heavy atom. The third kappa shape index (κ3) is 2.35. The molecule has 4 aliphatic rings. The van der Waals surface area contributed by atoms with Crippen molar-refractivity contribution in [1.82, 2.24) is 0 Å². The van der Waals surface area contributed by atoms with Crippen LogP contribution in [0.15, 0.2) is 23.8 Å². The van der Waals surface area contributed by atoms with Crippen LogP contribution in [0, 0.1) is 40.4 Å². The molecule has 9 atom stereocenters. The highest BCUT2D eigenvalue weighted by Gasteiger charge is 2.64. The molecule has 0 aliphatic heterocycles. The van der Waals surface area contributed by atoms with Gasteiger partial charge < -0.3 is 15.3 Å². The van der Waals surface area contributed by atoms with E-state index in [9.17, 15) is 20.1 Å². The molecule has 26 heavy (non-hydrogen) atoms. The first-order chi connectivity index (χ1) is 12.2. The molecule has 0 aromatic carbocycles. The summed E-state index contributed by atoms with van der Waals surface area (Å²) in [5.41, 5.74) is 0.702. The van der Waals surface area contributed by atoms with Gasteiger partial charge in [0.1, 0.15) is 0 Å². The number of carbonyl (C=O) groups is 1. The van der Waals surface area contributed by atoms with E-state index in [1.807, 2.05) is 6.08 Å². The predicted octanol–water partition coefficient (Wildman–Crippen LogP) is 2.48. The summed E-state index contributed by atoms with van der Waals surface area (Å²) in [5.74, 6) is 0.849. The Hall–Kier alpha value is -0.970. The van der Waals surface area contributed by atoms with Crippen LogP contribution in [0.5, 0.6) is 0 Å². The Morgan fingerprint density at radius 3 is 2.65 bits per heavy atom. The van der Waals surface area contributed by atoms with Crippen LogP contribution in [-0.4, -0.2) is 39.9 Å². The number of hydrogen-bond donors (Lipinski definition) is 3. The number of rotatable bonds is 2. The molecular formula is C22H32O4. The molecule has 4 nitrogen and oxygen atoms in total. The van der Waals surface area contributed by atoms with Gasteiger partial charge in [-0.1, -0.05) is 32.4 Å². The summed E-state index contributed by atoms with van der Waals surface area (Å²) in [6.07, 6.45) is 7.74. The van der Waals surface area contributed by atoms with Crippen molar-refractivity contribution >= 4 is 5.78 Å². The van der Waals surface area contributed by atoms with Crippen LogP contribution in [0.1, 0.15) is 46.5 Å². The SMILES string of the molecule is C[C@H](CO)[C@H]1C[C@@H](O)[C@H]2[C@@H]3CCC4=CC(=O)C=C[C@]4(C)[C@H]3[C@H](O)C[C@@]21C. The number of ketones is 1. The van der Waals surface area contributed by atoms with Gasteiger partial charge in [-0.2, -0.15) is 0 Å². The van der Waals surface area contributed by atoms with Gasteiger partial charge in [0.2, 0.25) is 0 Å². The van der Waals surface area contributed by atoms with Crippen molar-refractivity contribution in [3.05, 3.63) is 23.8 Å². The molecule has 3 fully saturated rings. The van der Waals surface area contributed by atoms with Gasteiger partial charge in [-0.05, 0) is 66.9 Å². The van der Waals surface area contributed by atoms with Crippen LogP contribution in [0.25, 0.3) is 0 Å². The number of allylic oxidation sites excluding steroid dienone is 4. The maximum absolute atomic E-state index is 11.8. The lowest BCUT2D eigenvalue weighted by Gasteiger charge is -2.59. The van der Waals surface area contributed by atoms with Crippen molar-refractivity contribution in [1.29, 1.82) is 0 Å². The summed E-state index contributed by atoms with van der Waals surface area (Å²) in [6.45, 7) is 6.55. The molecule has 0 aromatic heterocycles. The molecule has 0 unspecified atom stereocenters. The molecule has 0 bridgehead atoms. The van der Waals surface area contributed by atoms with E-state index in [0.29, 0.717) is 12.8 Å². The normalized spacial score (nSPS) is 51.3. The second-order valence-electron chi connectivity index (χ2n) is 9.79. The zero-order valence-corrected chi connectivity index (χ0v) is 16.1. The zero-order valence-electron chi connectivity index (χ0n) is 16.1. The topological polar surface area (TPSA) is 77.8 Å². The highest BCUT2D eigenvalue weighted by atomic mass is 16.3. The molecule has 4 rings (SSSR count). The molecule has 3 N–H and O–H groups in total. The third-order valence-electron chi connectivity index (χ3n) is 8.52. The van der Waals surface area contributed by atoms with Gasteiger partial charge in [0.05, 0.1) is 12.2 Å². The second kappa shape index (κ2) is 6.02. The van der Waals surface area contributed by atoms with Crippen LogP contribution in [0.4, 0.5) is 0 Å².